The van der Waals surface area contributed by atoms with Gasteiger partial charge in [0.15, 0.2) is 0 Å². The van der Waals surface area contributed by atoms with Gasteiger partial charge in [-0.3, -0.25) is 9.59 Å². The Hall–Kier alpha value is -1.47. The lowest BCUT2D eigenvalue weighted by atomic mass is 9.96. The van der Waals surface area contributed by atoms with Crippen LogP contribution in [-0.2, 0) is 19.1 Å². The van der Waals surface area contributed by atoms with Crippen LogP contribution in [0.2, 0.25) is 0 Å². The number of carbonyl (C=O) groups is 3. The van der Waals surface area contributed by atoms with E-state index < -0.39 is 17.6 Å². The van der Waals surface area contributed by atoms with Crippen molar-refractivity contribution in [1.29, 1.82) is 0 Å². The fourth-order valence-electron chi connectivity index (χ4n) is 2.22. The van der Waals surface area contributed by atoms with E-state index in [9.17, 15) is 14.4 Å². The summed E-state index contributed by atoms with van der Waals surface area (Å²) in [6, 6.07) is -0.514. The van der Waals surface area contributed by atoms with Gasteiger partial charge in [0.1, 0.15) is 11.8 Å². The third-order valence-corrected chi connectivity index (χ3v) is 3.52. The van der Waals surface area contributed by atoms with Crippen molar-refractivity contribution >= 4 is 18.2 Å². The summed E-state index contributed by atoms with van der Waals surface area (Å²) in [5.41, 5.74) is 4.69. The van der Waals surface area contributed by atoms with Crippen molar-refractivity contribution in [2.75, 3.05) is 7.11 Å². The van der Waals surface area contributed by atoms with E-state index in [-0.39, 0.29) is 5.91 Å². The number of hydrogen-bond acceptors (Lipinski definition) is 6. The van der Waals surface area contributed by atoms with Crippen molar-refractivity contribution in [3.05, 3.63) is 0 Å². The van der Waals surface area contributed by atoms with Crippen LogP contribution in [0.3, 0.4) is 0 Å². The predicted octanol–water partition coefficient (Wildman–Crippen LogP) is 1.58. The molecule has 7 heteroatoms. The summed E-state index contributed by atoms with van der Waals surface area (Å²) in [5.74, 6) is -0.503. The van der Waals surface area contributed by atoms with Gasteiger partial charge in [0.2, 0.25) is 5.91 Å². The van der Waals surface area contributed by atoms with Crippen LogP contribution in [0.1, 0.15) is 60.3 Å². The number of ether oxygens (including phenoxy) is 1. The number of nitrogens with zero attached hydrogens (tertiary/aromatic N) is 1. The van der Waals surface area contributed by atoms with Gasteiger partial charge in [0, 0.05) is 6.92 Å². The SMILES string of the molecule is CCCC[C@@](C)(NN(N[C@H](C=O)CC(C)C)C(C)=O)C(=O)OC. The van der Waals surface area contributed by atoms with E-state index >= 15 is 0 Å². The highest BCUT2D eigenvalue weighted by molar-refractivity contribution is 5.81. The Morgan fingerprint density at radius 2 is 1.96 bits per heavy atom. The third-order valence-electron chi connectivity index (χ3n) is 3.52. The van der Waals surface area contributed by atoms with Crippen LogP contribution in [0.15, 0.2) is 0 Å². The molecule has 0 fully saturated rings. The minimum Gasteiger partial charge on any atom is -0.468 e. The largest absolute Gasteiger partial charge is 0.468 e. The molecular weight excluding hydrogens is 298 g/mol. The van der Waals surface area contributed by atoms with Crippen LogP contribution in [0.4, 0.5) is 0 Å². The zero-order valence-corrected chi connectivity index (χ0v) is 15.1. The molecule has 2 N–H and O–H groups in total. The summed E-state index contributed by atoms with van der Waals surface area (Å²) >= 11 is 0. The van der Waals surface area contributed by atoms with Crippen LogP contribution >= 0.6 is 0 Å². The number of hydrogen-bond donors (Lipinski definition) is 2. The first-order valence-corrected chi connectivity index (χ1v) is 8.08. The quantitative estimate of drug-likeness (QED) is 0.340. The Kier molecular flexibility index (Phi) is 9.67. The molecule has 0 spiro atoms. The minimum absolute atomic E-state index is 0.290. The fourth-order valence-corrected chi connectivity index (χ4v) is 2.22. The van der Waals surface area contributed by atoms with E-state index in [1.165, 1.54) is 14.0 Å². The maximum atomic E-state index is 12.1. The first-order valence-electron chi connectivity index (χ1n) is 8.08. The van der Waals surface area contributed by atoms with E-state index in [4.69, 9.17) is 4.74 Å². The molecule has 0 saturated carbocycles. The second-order valence-corrected chi connectivity index (χ2v) is 6.39. The Morgan fingerprint density at radius 1 is 1.35 bits per heavy atom. The Morgan fingerprint density at radius 3 is 2.35 bits per heavy atom. The average Bonchev–Trinajstić information content (AvgIpc) is 2.49. The van der Waals surface area contributed by atoms with Crippen LogP contribution in [0.25, 0.3) is 0 Å². The molecule has 0 unspecified atom stereocenters. The van der Waals surface area contributed by atoms with E-state index in [2.05, 4.69) is 10.9 Å². The van der Waals surface area contributed by atoms with Gasteiger partial charge >= 0.3 is 5.97 Å². The summed E-state index contributed by atoms with van der Waals surface area (Å²) in [6.07, 6.45) is 3.56. The van der Waals surface area contributed by atoms with Crippen LogP contribution < -0.4 is 10.9 Å². The number of amides is 1. The van der Waals surface area contributed by atoms with Crippen LogP contribution in [0, 0.1) is 5.92 Å². The molecule has 23 heavy (non-hydrogen) atoms. The standard InChI is InChI=1S/C16H31N3O4/c1-7-8-9-16(5,15(22)23-6)18-19(13(4)21)17-14(11-20)10-12(2)3/h11-12,14,17-18H,7-10H2,1-6H3/t14-,16+/m0/s1. The normalized spacial score (nSPS) is 14.9. The molecule has 7 nitrogen and oxygen atoms in total. The van der Waals surface area contributed by atoms with Crippen LogP contribution in [-0.4, -0.2) is 42.0 Å². The summed E-state index contributed by atoms with van der Waals surface area (Å²) in [6.45, 7) is 9.04. The summed E-state index contributed by atoms with van der Waals surface area (Å²) in [4.78, 5) is 35.2. The van der Waals surface area contributed by atoms with E-state index in [1.54, 1.807) is 6.92 Å². The molecule has 0 rings (SSSR count). The number of nitrogens with one attached hydrogen (secondary N) is 2. The monoisotopic (exact) mass is 329 g/mol. The minimum atomic E-state index is -1.05. The lowest BCUT2D eigenvalue weighted by Crippen LogP contribution is -2.64. The first-order chi connectivity index (χ1) is 10.7. The second-order valence-electron chi connectivity index (χ2n) is 6.39. The van der Waals surface area contributed by atoms with Gasteiger partial charge in [0.25, 0.3) is 0 Å². The van der Waals surface area contributed by atoms with E-state index in [1.807, 2.05) is 20.8 Å². The van der Waals surface area contributed by atoms with Gasteiger partial charge in [-0.2, -0.15) is 5.43 Å². The highest BCUT2D eigenvalue weighted by atomic mass is 16.5. The number of hydrazine groups is 2. The van der Waals surface area contributed by atoms with Gasteiger partial charge < -0.3 is 9.53 Å². The molecule has 134 valence electrons. The molecule has 0 aliphatic heterocycles. The molecule has 0 aromatic rings. The molecule has 0 aliphatic rings. The zero-order chi connectivity index (χ0) is 18.0. The molecule has 1 amide bonds. The molecule has 0 aromatic heterocycles. The second kappa shape index (κ2) is 10.3. The highest BCUT2D eigenvalue weighted by Crippen LogP contribution is 2.16. The van der Waals surface area contributed by atoms with Gasteiger partial charge in [-0.15, -0.1) is 0 Å². The maximum Gasteiger partial charge on any atom is 0.327 e. The number of rotatable bonds is 11. The Labute approximate surface area is 139 Å². The van der Waals surface area contributed by atoms with Crippen molar-refractivity contribution in [2.24, 2.45) is 5.92 Å². The topological polar surface area (TPSA) is 87.7 Å². The van der Waals surface area contributed by atoms with Crippen molar-refractivity contribution in [1.82, 2.24) is 16.0 Å². The van der Waals surface area contributed by atoms with E-state index in [0.717, 1.165) is 24.2 Å². The molecule has 0 saturated heterocycles. The number of carbonyl (C=O) groups excluding carboxylic acids is 3. The molecular formula is C16H31N3O4. The number of esters is 1. The van der Waals surface area contributed by atoms with Crippen molar-refractivity contribution < 1.29 is 19.1 Å². The lowest BCUT2D eigenvalue weighted by molar-refractivity contribution is -0.156. The molecule has 0 heterocycles. The smallest absolute Gasteiger partial charge is 0.327 e. The Balaban J connectivity index is 5.15. The number of aldehydes is 1. The van der Waals surface area contributed by atoms with Gasteiger partial charge in [-0.25, -0.2) is 10.5 Å². The van der Waals surface area contributed by atoms with Gasteiger partial charge in [-0.1, -0.05) is 33.6 Å². The fraction of sp³-hybridized carbons (Fsp3) is 0.812. The van der Waals surface area contributed by atoms with Crippen molar-refractivity contribution in [3.8, 4) is 0 Å². The van der Waals surface area contributed by atoms with Crippen LogP contribution in [0.5, 0.6) is 0 Å². The molecule has 0 bridgehead atoms. The maximum absolute atomic E-state index is 12.1. The zero-order valence-electron chi connectivity index (χ0n) is 15.1. The molecule has 2 atom stereocenters. The first kappa shape index (κ1) is 21.5. The summed E-state index contributed by atoms with van der Waals surface area (Å²) < 4.78 is 4.85. The third kappa shape index (κ3) is 7.56. The van der Waals surface area contributed by atoms with Gasteiger partial charge in [-0.05, 0) is 25.7 Å². The molecule has 0 radical (unpaired) electrons. The van der Waals surface area contributed by atoms with Crippen molar-refractivity contribution in [3.63, 3.8) is 0 Å². The number of methoxy groups -OCH3 is 1. The summed E-state index contributed by atoms with van der Waals surface area (Å²) in [7, 11) is 1.31. The molecule has 0 aromatic carbocycles. The lowest BCUT2D eigenvalue weighted by Gasteiger charge is -2.35. The highest BCUT2D eigenvalue weighted by Gasteiger charge is 2.36. The summed E-state index contributed by atoms with van der Waals surface area (Å²) in [5, 5.41) is 1.12. The van der Waals surface area contributed by atoms with Gasteiger partial charge in [0.05, 0.1) is 13.2 Å². The van der Waals surface area contributed by atoms with E-state index in [0.29, 0.717) is 18.8 Å². The Bertz CT molecular complexity index is 401. The predicted molar refractivity (Wildman–Crippen MR) is 88.0 cm³/mol. The number of unbranched alkanes of at least 4 members (excludes halogenated alkanes) is 1. The molecule has 0 aliphatic carbocycles. The average molecular weight is 329 g/mol. The van der Waals surface area contributed by atoms with Crippen molar-refractivity contribution in [2.45, 2.75) is 71.9 Å².